The number of aliphatic hydroxyl groups is 4. The van der Waals surface area contributed by atoms with E-state index in [9.17, 15) is 30.0 Å². The van der Waals surface area contributed by atoms with Crippen LogP contribution in [0.5, 0.6) is 0 Å². The van der Waals surface area contributed by atoms with Gasteiger partial charge in [0.1, 0.15) is 24.9 Å². The van der Waals surface area contributed by atoms with Gasteiger partial charge in [0.05, 0.1) is 6.10 Å². The fraction of sp³-hybridized carbons (Fsp3) is 0.684. The smallest absolute Gasteiger partial charge is 0.338 e. The lowest BCUT2D eigenvalue weighted by Gasteiger charge is -2.47. The summed E-state index contributed by atoms with van der Waals surface area (Å²) in [6, 6.07) is 0. The van der Waals surface area contributed by atoms with Crippen LogP contribution in [0, 0.1) is 11.3 Å². The van der Waals surface area contributed by atoms with Crippen molar-refractivity contribution >= 4 is 11.8 Å². The van der Waals surface area contributed by atoms with Gasteiger partial charge in [0.25, 0.3) is 0 Å². The van der Waals surface area contributed by atoms with Crippen LogP contribution in [0.2, 0.25) is 0 Å². The second-order valence-electron chi connectivity index (χ2n) is 8.09. The van der Waals surface area contributed by atoms with Crippen molar-refractivity contribution in [1.82, 2.24) is 0 Å². The third-order valence-corrected chi connectivity index (χ3v) is 6.50. The highest BCUT2D eigenvalue weighted by Gasteiger charge is 2.74. The Balaban J connectivity index is 1.78. The summed E-state index contributed by atoms with van der Waals surface area (Å²) in [7, 11) is 0. The summed E-state index contributed by atoms with van der Waals surface area (Å²) >= 11 is 0. The van der Waals surface area contributed by atoms with Crippen LogP contribution < -0.4 is 5.73 Å². The highest BCUT2D eigenvalue weighted by atomic mass is 16.6. The molecule has 3 rings (SSSR count). The van der Waals surface area contributed by atoms with Gasteiger partial charge in [0, 0.05) is 17.5 Å². The molecular formula is C19H27NO8. The summed E-state index contributed by atoms with van der Waals surface area (Å²) in [4.78, 5) is 24.6. The van der Waals surface area contributed by atoms with Crippen LogP contribution in [0.15, 0.2) is 23.8 Å². The standard InChI is InChI=1S/C19H27NO8/c1-8-4-11(21)14(24)10-5-13(23)19(17(28-19)18(8,10)3)9(2)7-27-16(26)15(25)12(22)6-20/h5,8,11-12,14-15,17,21-22,24-25H,2,4,6-7,20H2,1,3H3. The van der Waals surface area contributed by atoms with Crippen molar-refractivity contribution in [2.24, 2.45) is 17.1 Å². The zero-order valence-corrected chi connectivity index (χ0v) is 15.9. The van der Waals surface area contributed by atoms with Gasteiger partial charge in [-0.3, -0.25) is 4.79 Å². The fourth-order valence-corrected chi connectivity index (χ4v) is 4.41. The number of carbonyl (C=O) groups excluding carboxylic acids is 2. The lowest BCUT2D eigenvalue weighted by atomic mass is 9.56. The third-order valence-electron chi connectivity index (χ3n) is 6.50. The molecule has 0 bridgehead atoms. The van der Waals surface area contributed by atoms with Gasteiger partial charge in [0.15, 0.2) is 17.5 Å². The number of ketones is 1. The van der Waals surface area contributed by atoms with Crippen molar-refractivity contribution < 1.29 is 39.5 Å². The Bertz CT molecular complexity index is 735. The number of ether oxygens (including phenoxy) is 2. The number of hydrogen-bond donors (Lipinski definition) is 5. The van der Waals surface area contributed by atoms with Crippen molar-refractivity contribution in [3.63, 3.8) is 0 Å². The molecular weight excluding hydrogens is 370 g/mol. The van der Waals surface area contributed by atoms with Crippen LogP contribution in [-0.4, -0.2) is 81.5 Å². The number of esters is 1. The molecule has 9 heteroatoms. The molecule has 0 aromatic carbocycles. The first-order valence-electron chi connectivity index (χ1n) is 9.23. The SMILES string of the molecule is C=C(COC(=O)C(O)C(O)CN)C12OC1C1(C)C(=CC2=O)C(O)C(O)CC1C. The van der Waals surface area contributed by atoms with Gasteiger partial charge in [0.2, 0.25) is 0 Å². The second kappa shape index (κ2) is 7.01. The number of epoxide rings is 1. The van der Waals surface area contributed by atoms with Crippen LogP contribution in [-0.2, 0) is 19.1 Å². The maximum absolute atomic E-state index is 12.8. The molecule has 2 fully saturated rings. The Kier molecular flexibility index (Phi) is 5.28. The molecule has 8 atom stereocenters. The van der Waals surface area contributed by atoms with Crippen molar-refractivity contribution in [2.75, 3.05) is 13.2 Å². The Labute approximate surface area is 162 Å². The number of nitrogens with two attached hydrogens (primary N) is 1. The summed E-state index contributed by atoms with van der Waals surface area (Å²) in [5, 5.41) is 39.5. The molecule has 8 unspecified atom stereocenters. The lowest BCUT2D eigenvalue weighted by molar-refractivity contribution is -0.158. The topological polar surface area (TPSA) is 163 Å². The molecule has 0 spiro atoms. The number of rotatable bonds is 6. The molecule has 0 aromatic heterocycles. The van der Waals surface area contributed by atoms with Gasteiger partial charge in [-0.25, -0.2) is 4.79 Å². The molecule has 3 aliphatic rings. The molecule has 9 nitrogen and oxygen atoms in total. The summed E-state index contributed by atoms with van der Waals surface area (Å²) in [6.45, 7) is 6.92. The van der Waals surface area contributed by atoms with Gasteiger partial charge >= 0.3 is 5.97 Å². The van der Waals surface area contributed by atoms with E-state index in [1.165, 1.54) is 6.08 Å². The fourth-order valence-electron chi connectivity index (χ4n) is 4.41. The summed E-state index contributed by atoms with van der Waals surface area (Å²) in [6.07, 6.45) is -4.31. The van der Waals surface area contributed by atoms with E-state index in [0.29, 0.717) is 12.0 Å². The van der Waals surface area contributed by atoms with Crippen LogP contribution in [0.3, 0.4) is 0 Å². The number of fused-ring (bicyclic) bond motifs is 3. The maximum atomic E-state index is 12.8. The van der Waals surface area contributed by atoms with Crippen LogP contribution in [0.4, 0.5) is 0 Å². The van der Waals surface area contributed by atoms with Crippen molar-refractivity contribution in [3.05, 3.63) is 23.8 Å². The zero-order chi connectivity index (χ0) is 21.0. The first-order valence-corrected chi connectivity index (χ1v) is 9.23. The molecule has 1 heterocycles. The van der Waals surface area contributed by atoms with E-state index in [1.807, 2.05) is 13.8 Å². The van der Waals surface area contributed by atoms with E-state index in [-0.39, 0.29) is 24.6 Å². The van der Waals surface area contributed by atoms with E-state index in [1.54, 1.807) is 0 Å². The zero-order valence-electron chi connectivity index (χ0n) is 15.9. The summed E-state index contributed by atoms with van der Waals surface area (Å²) in [5.74, 6) is -1.59. The van der Waals surface area contributed by atoms with Crippen LogP contribution in [0.25, 0.3) is 0 Å². The highest BCUT2D eigenvalue weighted by molar-refractivity contribution is 6.05. The van der Waals surface area contributed by atoms with E-state index in [4.69, 9.17) is 15.2 Å². The average Bonchev–Trinajstić information content (AvgIpc) is 3.44. The van der Waals surface area contributed by atoms with Crippen molar-refractivity contribution in [3.8, 4) is 0 Å². The Hall–Kier alpha value is -1.62. The van der Waals surface area contributed by atoms with Crippen LogP contribution in [0.1, 0.15) is 20.3 Å². The number of aliphatic hydroxyl groups excluding tert-OH is 4. The molecule has 0 radical (unpaired) electrons. The Morgan fingerprint density at radius 3 is 2.71 bits per heavy atom. The first kappa shape index (κ1) is 21.1. The van der Waals surface area contributed by atoms with Crippen molar-refractivity contribution in [2.45, 2.75) is 56.4 Å². The molecule has 1 saturated heterocycles. The predicted molar refractivity (Wildman–Crippen MR) is 95.8 cm³/mol. The molecule has 0 amide bonds. The van der Waals surface area contributed by atoms with Gasteiger partial charge in [-0.1, -0.05) is 20.4 Å². The first-order chi connectivity index (χ1) is 13.0. The third kappa shape index (κ3) is 2.85. The molecule has 1 saturated carbocycles. The predicted octanol–water partition coefficient (Wildman–Crippen LogP) is -1.82. The van der Waals surface area contributed by atoms with Gasteiger partial charge in [-0.2, -0.15) is 0 Å². The minimum absolute atomic E-state index is 0.0750. The largest absolute Gasteiger partial charge is 0.459 e. The number of carbonyl (C=O) groups is 2. The minimum atomic E-state index is -1.80. The van der Waals surface area contributed by atoms with E-state index < -0.39 is 53.3 Å². The average molecular weight is 397 g/mol. The Morgan fingerprint density at radius 1 is 1.46 bits per heavy atom. The molecule has 6 N–H and O–H groups in total. The molecule has 28 heavy (non-hydrogen) atoms. The summed E-state index contributed by atoms with van der Waals surface area (Å²) < 4.78 is 10.8. The highest BCUT2D eigenvalue weighted by Crippen LogP contribution is 2.63. The van der Waals surface area contributed by atoms with E-state index in [0.717, 1.165) is 0 Å². The monoisotopic (exact) mass is 397 g/mol. The normalized spacial score (nSPS) is 41.2. The minimum Gasteiger partial charge on any atom is -0.459 e. The van der Waals surface area contributed by atoms with Gasteiger partial charge < -0.3 is 35.6 Å². The van der Waals surface area contributed by atoms with Crippen LogP contribution >= 0.6 is 0 Å². The molecule has 1 aliphatic heterocycles. The molecule has 0 aromatic rings. The Morgan fingerprint density at radius 2 is 2.11 bits per heavy atom. The maximum Gasteiger partial charge on any atom is 0.338 e. The quantitative estimate of drug-likeness (QED) is 0.197. The van der Waals surface area contributed by atoms with E-state index in [2.05, 4.69) is 6.58 Å². The van der Waals surface area contributed by atoms with Gasteiger partial charge in [-0.05, 0) is 24.0 Å². The van der Waals surface area contributed by atoms with Crippen molar-refractivity contribution in [1.29, 1.82) is 0 Å². The molecule has 156 valence electrons. The second-order valence-corrected chi connectivity index (χ2v) is 8.09. The summed E-state index contributed by atoms with van der Waals surface area (Å²) in [5.41, 5.74) is 3.78. The lowest BCUT2D eigenvalue weighted by Crippen LogP contribution is -2.54. The molecule has 2 aliphatic carbocycles. The number of hydrogen-bond acceptors (Lipinski definition) is 9. The van der Waals surface area contributed by atoms with Gasteiger partial charge in [-0.15, -0.1) is 0 Å². The van der Waals surface area contributed by atoms with E-state index >= 15 is 0 Å².